The van der Waals surface area contributed by atoms with E-state index in [9.17, 15) is 4.79 Å². The number of para-hydroxylation sites is 1. The molecule has 2 aromatic rings. The van der Waals surface area contributed by atoms with Crippen LogP contribution in [0.4, 0.5) is 5.69 Å². The van der Waals surface area contributed by atoms with Gasteiger partial charge >= 0.3 is 0 Å². The molecule has 1 amide bonds. The fourth-order valence-electron chi connectivity index (χ4n) is 4.29. The predicted octanol–water partition coefficient (Wildman–Crippen LogP) is 3.99. The minimum Gasteiger partial charge on any atom is -0.497 e. The predicted molar refractivity (Wildman–Crippen MR) is 146 cm³/mol. The van der Waals surface area contributed by atoms with Crippen LogP contribution < -0.4 is 20.7 Å². The Kier molecular flexibility index (Phi) is 10.9. The van der Waals surface area contributed by atoms with Crippen LogP contribution in [0.5, 0.6) is 5.75 Å². The summed E-state index contributed by atoms with van der Waals surface area (Å²) >= 11 is 0. The Morgan fingerprint density at radius 3 is 2.64 bits per heavy atom. The van der Waals surface area contributed by atoms with Crippen molar-refractivity contribution in [2.45, 2.75) is 32.2 Å². The number of ether oxygens (including phenoxy) is 1. The third-order valence-electron chi connectivity index (χ3n) is 6.04. The van der Waals surface area contributed by atoms with E-state index >= 15 is 0 Å². The monoisotopic (exact) mass is 565 g/mol. The second-order valence-corrected chi connectivity index (χ2v) is 7.88. The van der Waals surface area contributed by atoms with E-state index < -0.39 is 0 Å². The van der Waals surface area contributed by atoms with Crippen LogP contribution in [0.3, 0.4) is 0 Å². The van der Waals surface area contributed by atoms with E-state index in [2.05, 4.69) is 57.9 Å². The van der Waals surface area contributed by atoms with Gasteiger partial charge in [0.25, 0.3) is 0 Å². The van der Waals surface area contributed by atoms with Gasteiger partial charge in [-0.15, -0.1) is 24.0 Å². The number of nitrogens with zero attached hydrogens (tertiary/aromatic N) is 2. The molecule has 0 saturated heterocycles. The molecule has 0 aromatic heterocycles. The zero-order chi connectivity index (χ0) is 22.9. The first-order valence-electron chi connectivity index (χ1n) is 11.3. The lowest BCUT2D eigenvalue weighted by molar-refractivity contribution is -0.116. The van der Waals surface area contributed by atoms with E-state index in [1.165, 1.54) is 5.56 Å². The van der Waals surface area contributed by atoms with E-state index in [-0.39, 0.29) is 41.8 Å². The SMILES string of the molecule is CCN(CC)C(CNC(=NC)NCC1CC(=O)Nc2ccccc21)c1cccc(OC)c1.I. The number of likely N-dealkylation sites (N-methyl/N-ethyl adjacent to an activating group) is 1. The summed E-state index contributed by atoms with van der Waals surface area (Å²) in [5.74, 6) is 1.75. The van der Waals surface area contributed by atoms with E-state index in [0.29, 0.717) is 19.5 Å². The first kappa shape index (κ1) is 26.9. The van der Waals surface area contributed by atoms with Gasteiger partial charge in [-0.3, -0.25) is 14.7 Å². The fourth-order valence-corrected chi connectivity index (χ4v) is 4.29. The number of amides is 1. The van der Waals surface area contributed by atoms with Gasteiger partial charge in [0, 0.05) is 38.2 Å². The number of carbonyl (C=O) groups excluding carboxylic acids is 1. The molecule has 0 spiro atoms. The second-order valence-electron chi connectivity index (χ2n) is 7.88. The topological polar surface area (TPSA) is 78.0 Å². The van der Waals surface area contributed by atoms with Gasteiger partial charge in [-0.2, -0.15) is 0 Å². The van der Waals surface area contributed by atoms with Crippen molar-refractivity contribution in [2.24, 2.45) is 4.99 Å². The number of aliphatic imine (C=N–C) groups is 1. The average Bonchev–Trinajstić information content (AvgIpc) is 2.83. The van der Waals surface area contributed by atoms with Crippen molar-refractivity contribution >= 4 is 41.5 Å². The number of carbonyl (C=O) groups is 1. The number of hydrogen-bond donors (Lipinski definition) is 3. The summed E-state index contributed by atoms with van der Waals surface area (Å²) in [5.41, 5.74) is 3.26. The molecule has 1 aliphatic heterocycles. The van der Waals surface area contributed by atoms with Crippen LogP contribution in [0.1, 0.15) is 43.4 Å². The zero-order valence-corrected chi connectivity index (χ0v) is 22.3. The Balaban J connectivity index is 0.00000385. The van der Waals surface area contributed by atoms with E-state index in [4.69, 9.17) is 4.74 Å². The summed E-state index contributed by atoms with van der Waals surface area (Å²) in [5, 5.41) is 9.86. The maximum absolute atomic E-state index is 12.1. The van der Waals surface area contributed by atoms with Gasteiger partial charge in [-0.25, -0.2) is 0 Å². The highest BCUT2D eigenvalue weighted by atomic mass is 127. The average molecular weight is 566 g/mol. The lowest BCUT2D eigenvalue weighted by Gasteiger charge is -2.31. The van der Waals surface area contributed by atoms with Crippen molar-refractivity contribution in [3.05, 3.63) is 59.7 Å². The number of halogens is 1. The highest BCUT2D eigenvalue weighted by Crippen LogP contribution is 2.31. The van der Waals surface area contributed by atoms with Crippen LogP contribution in [-0.2, 0) is 4.79 Å². The van der Waals surface area contributed by atoms with Gasteiger partial charge in [-0.1, -0.05) is 44.2 Å². The number of guanidine groups is 1. The normalized spacial score (nSPS) is 16.3. The summed E-state index contributed by atoms with van der Waals surface area (Å²) < 4.78 is 5.43. The summed E-state index contributed by atoms with van der Waals surface area (Å²) in [4.78, 5) is 18.9. The molecule has 33 heavy (non-hydrogen) atoms. The fraction of sp³-hybridized carbons (Fsp3) is 0.440. The van der Waals surface area contributed by atoms with Crippen LogP contribution in [0.25, 0.3) is 0 Å². The number of anilines is 1. The number of hydrogen-bond acceptors (Lipinski definition) is 4. The molecule has 180 valence electrons. The lowest BCUT2D eigenvalue weighted by Crippen LogP contribution is -2.44. The van der Waals surface area contributed by atoms with Crippen molar-refractivity contribution in [1.82, 2.24) is 15.5 Å². The molecular weight excluding hydrogens is 529 g/mol. The number of fused-ring (bicyclic) bond motifs is 1. The smallest absolute Gasteiger partial charge is 0.225 e. The Labute approximate surface area is 214 Å². The highest BCUT2D eigenvalue weighted by molar-refractivity contribution is 14.0. The Bertz CT molecular complexity index is 933. The van der Waals surface area contributed by atoms with Crippen LogP contribution in [-0.4, -0.2) is 57.1 Å². The van der Waals surface area contributed by atoms with Crippen LogP contribution in [0, 0.1) is 0 Å². The standard InChI is InChI=1S/C25H35N5O2.HI/c1-5-30(6-2)23(18-10-9-11-20(14-18)32-4)17-28-25(26-3)27-16-19-15-24(31)29-22-13-8-7-12-21(19)22;/h7-14,19,23H,5-6,15-17H2,1-4H3,(H,29,31)(H2,26,27,28);1H. The van der Waals surface area contributed by atoms with E-state index in [1.54, 1.807) is 14.2 Å². The first-order valence-corrected chi connectivity index (χ1v) is 11.3. The molecule has 3 rings (SSSR count). The molecule has 0 fully saturated rings. The largest absolute Gasteiger partial charge is 0.497 e. The lowest BCUT2D eigenvalue weighted by atomic mass is 9.90. The molecule has 1 heterocycles. The Hall–Kier alpha value is -2.33. The molecular formula is C25H36IN5O2. The Morgan fingerprint density at radius 1 is 1.18 bits per heavy atom. The van der Waals surface area contributed by atoms with E-state index in [1.807, 2.05) is 30.3 Å². The minimum atomic E-state index is 0. The zero-order valence-electron chi connectivity index (χ0n) is 19.9. The van der Waals surface area contributed by atoms with Gasteiger partial charge in [0.15, 0.2) is 5.96 Å². The van der Waals surface area contributed by atoms with E-state index in [0.717, 1.165) is 36.0 Å². The first-order chi connectivity index (χ1) is 15.6. The van der Waals surface area contributed by atoms with Gasteiger partial charge in [-0.05, 0) is 42.4 Å². The van der Waals surface area contributed by atoms with Crippen molar-refractivity contribution in [3.8, 4) is 5.75 Å². The molecule has 2 atom stereocenters. The summed E-state index contributed by atoms with van der Waals surface area (Å²) in [6, 6.07) is 16.4. The molecule has 0 bridgehead atoms. The maximum Gasteiger partial charge on any atom is 0.225 e. The maximum atomic E-state index is 12.1. The van der Waals surface area contributed by atoms with Gasteiger partial charge in [0.2, 0.25) is 5.91 Å². The minimum absolute atomic E-state index is 0. The molecule has 7 nitrogen and oxygen atoms in total. The molecule has 0 aliphatic carbocycles. The quantitative estimate of drug-likeness (QED) is 0.244. The molecule has 2 unspecified atom stereocenters. The summed E-state index contributed by atoms with van der Waals surface area (Å²) in [6.45, 7) is 7.58. The number of rotatable bonds is 9. The van der Waals surface area contributed by atoms with Crippen molar-refractivity contribution in [2.75, 3.05) is 45.7 Å². The molecule has 3 N–H and O–H groups in total. The number of methoxy groups -OCH3 is 1. The van der Waals surface area contributed by atoms with Crippen LogP contribution in [0.15, 0.2) is 53.5 Å². The van der Waals surface area contributed by atoms with Gasteiger partial charge < -0.3 is 20.7 Å². The number of nitrogens with one attached hydrogen (secondary N) is 3. The molecule has 0 radical (unpaired) electrons. The third kappa shape index (κ3) is 7.07. The van der Waals surface area contributed by atoms with Crippen molar-refractivity contribution in [3.63, 3.8) is 0 Å². The van der Waals surface area contributed by atoms with Gasteiger partial charge in [0.05, 0.1) is 13.2 Å². The van der Waals surface area contributed by atoms with Crippen molar-refractivity contribution < 1.29 is 9.53 Å². The molecule has 2 aromatic carbocycles. The molecule has 8 heteroatoms. The summed E-state index contributed by atoms with van der Waals surface area (Å²) in [6.07, 6.45) is 0.465. The summed E-state index contributed by atoms with van der Waals surface area (Å²) in [7, 11) is 3.47. The third-order valence-corrected chi connectivity index (χ3v) is 6.04. The van der Waals surface area contributed by atoms with Crippen LogP contribution in [0.2, 0.25) is 0 Å². The van der Waals surface area contributed by atoms with Gasteiger partial charge in [0.1, 0.15) is 5.75 Å². The molecule has 0 saturated carbocycles. The Morgan fingerprint density at radius 2 is 1.94 bits per heavy atom. The van der Waals surface area contributed by atoms with Crippen LogP contribution >= 0.6 is 24.0 Å². The second kappa shape index (κ2) is 13.4. The molecule has 1 aliphatic rings. The highest BCUT2D eigenvalue weighted by Gasteiger charge is 2.25. The van der Waals surface area contributed by atoms with Crippen molar-refractivity contribution in [1.29, 1.82) is 0 Å². The number of benzene rings is 2.